The second-order valence-electron chi connectivity index (χ2n) is 4.60. The third-order valence-electron chi connectivity index (χ3n) is 3.09. The van der Waals surface area contributed by atoms with Crippen molar-refractivity contribution in [2.24, 2.45) is 0 Å². The maximum absolute atomic E-state index is 11.6. The first-order valence-electron chi connectivity index (χ1n) is 6.58. The molecule has 0 aliphatic heterocycles. The second kappa shape index (κ2) is 7.28. The van der Waals surface area contributed by atoms with Gasteiger partial charge in [-0.1, -0.05) is 11.6 Å². The van der Waals surface area contributed by atoms with Crippen LogP contribution in [0.15, 0.2) is 34.5 Å². The second-order valence-corrected chi connectivity index (χ2v) is 5.52. The first-order valence-corrected chi connectivity index (χ1v) is 7.37. The topological polar surface area (TPSA) is 54.0 Å². The van der Waals surface area contributed by atoms with Gasteiger partial charge in [0.25, 0.3) is 0 Å². The van der Waals surface area contributed by atoms with Crippen molar-refractivity contribution in [1.29, 1.82) is 0 Å². The van der Waals surface area contributed by atoms with Gasteiger partial charge in [0.2, 0.25) is 0 Å². The molecular formula is C14H18BrN3O. The highest BCUT2D eigenvalue weighted by molar-refractivity contribution is 9.10. The molecule has 0 atom stereocenters. The van der Waals surface area contributed by atoms with Crippen LogP contribution in [-0.4, -0.2) is 17.6 Å². The van der Waals surface area contributed by atoms with E-state index in [4.69, 9.17) is 0 Å². The molecule has 102 valence electrons. The number of urea groups is 1. The van der Waals surface area contributed by atoms with E-state index in [1.54, 1.807) is 12.3 Å². The Hall–Kier alpha value is -1.36. The van der Waals surface area contributed by atoms with Crippen LogP contribution in [0.2, 0.25) is 0 Å². The molecule has 0 spiro atoms. The molecule has 0 saturated heterocycles. The molecule has 1 aliphatic carbocycles. The minimum atomic E-state index is -0.203. The lowest BCUT2D eigenvalue weighted by Gasteiger charge is -2.13. The fraction of sp³-hybridized carbons (Fsp3) is 0.429. The monoisotopic (exact) mass is 323 g/mol. The number of carbonyl (C=O) groups is 1. The van der Waals surface area contributed by atoms with Crippen LogP contribution in [0.4, 0.5) is 10.6 Å². The normalized spacial score (nSPS) is 14.7. The Balaban J connectivity index is 1.69. The summed E-state index contributed by atoms with van der Waals surface area (Å²) >= 11 is 3.30. The standard InChI is InChI=1S/C14H18BrN3O/c15-12-6-7-13(17-10-12)18-14(19)16-9-8-11-4-2-1-3-5-11/h4,6-7,10H,1-3,5,8-9H2,(H2,16,17,18,19). The van der Waals surface area contributed by atoms with Crippen molar-refractivity contribution in [3.05, 3.63) is 34.5 Å². The molecule has 2 rings (SSSR count). The summed E-state index contributed by atoms with van der Waals surface area (Å²) in [5, 5.41) is 5.56. The molecule has 1 aromatic heterocycles. The number of rotatable bonds is 4. The lowest BCUT2D eigenvalue weighted by Crippen LogP contribution is -2.30. The van der Waals surface area contributed by atoms with Gasteiger partial charge >= 0.3 is 6.03 Å². The molecule has 0 fully saturated rings. The van der Waals surface area contributed by atoms with Gasteiger partial charge in [-0.25, -0.2) is 9.78 Å². The number of pyridine rings is 1. The fourth-order valence-electron chi connectivity index (χ4n) is 2.08. The van der Waals surface area contributed by atoms with Crippen LogP contribution in [0, 0.1) is 0 Å². The highest BCUT2D eigenvalue weighted by Crippen LogP contribution is 2.19. The number of nitrogens with one attached hydrogen (secondary N) is 2. The molecular weight excluding hydrogens is 306 g/mol. The Kier molecular flexibility index (Phi) is 5.39. The number of aromatic nitrogens is 1. The molecule has 2 N–H and O–H groups in total. The maximum Gasteiger partial charge on any atom is 0.320 e. The Labute approximate surface area is 121 Å². The van der Waals surface area contributed by atoms with E-state index in [0.29, 0.717) is 12.4 Å². The Bertz CT molecular complexity index is 456. The van der Waals surface area contributed by atoms with Gasteiger partial charge in [0.15, 0.2) is 0 Å². The number of amides is 2. The van der Waals surface area contributed by atoms with E-state index in [9.17, 15) is 4.79 Å². The highest BCUT2D eigenvalue weighted by Gasteiger charge is 2.05. The summed E-state index contributed by atoms with van der Waals surface area (Å²) in [5.74, 6) is 0.553. The first-order chi connectivity index (χ1) is 9.24. The van der Waals surface area contributed by atoms with Crippen molar-refractivity contribution in [1.82, 2.24) is 10.3 Å². The predicted octanol–water partition coefficient (Wildman–Crippen LogP) is 3.86. The summed E-state index contributed by atoms with van der Waals surface area (Å²) in [6, 6.07) is 3.40. The smallest absolute Gasteiger partial charge is 0.320 e. The molecule has 2 amide bonds. The Morgan fingerprint density at radius 3 is 2.95 bits per heavy atom. The van der Waals surface area contributed by atoms with Crippen molar-refractivity contribution in [2.75, 3.05) is 11.9 Å². The number of nitrogens with zero attached hydrogens (tertiary/aromatic N) is 1. The number of carbonyl (C=O) groups excluding carboxylic acids is 1. The molecule has 4 nitrogen and oxygen atoms in total. The zero-order valence-electron chi connectivity index (χ0n) is 10.8. The third kappa shape index (κ3) is 5.03. The van der Waals surface area contributed by atoms with Gasteiger partial charge in [-0.3, -0.25) is 5.32 Å². The van der Waals surface area contributed by atoms with Gasteiger partial charge in [0.05, 0.1) is 0 Å². The summed E-state index contributed by atoms with van der Waals surface area (Å²) in [6.45, 7) is 0.675. The molecule has 0 unspecified atom stereocenters. The summed E-state index contributed by atoms with van der Waals surface area (Å²) in [6.07, 6.45) is 9.85. The summed E-state index contributed by atoms with van der Waals surface area (Å²) < 4.78 is 0.891. The zero-order chi connectivity index (χ0) is 13.5. The molecule has 1 aromatic rings. The van der Waals surface area contributed by atoms with Crippen molar-refractivity contribution in [2.45, 2.75) is 32.1 Å². The summed E-state index contributed by atoms with van der Waals surface area (Å²) in [5.41, 5.74) is 1.47. The average molecular weight is 324 g/mol. The number of halogens is 1. The van der Waals surface area contributed by atoms with E-state index >= 15 is 0 Å². The molecule has 1 aliphatic rings. The van der Waals surface area contributed by atoms with E-state index < -0.39 is 0 Å². The van der Waals surface area contributed by atoms with Gasteiger partial charge in [0, 0.05) is 17.2 Å². The van der Waals surface area contributed by atoms with Crippen LogP contribution in [0.3, 0.4) is 0 Å². The molecule has 19 heavy (non-hydrogen) atoms. The number of anilines is 1. The number of hydrogen-bond donors (Lipinski definition) is 2. The molecule has 0 aromatic carbocycles. The summed E-state index contributed by atoms with van der Waals surface area (Å²) in [7, 11) is 0. The minimum Gasteiger partial charge on any atom is -0.338 e. The average Bonchev–Trinajstić information content (AvgIpc) is 2.43. The zero-order valence-corrected chi connectivity index (χ0v) is 12.4. The van der Waals surface area contributed by atoms with Crippen molar-refractivity contribution >= 4 is 27.8 Å². The molecule has 5 heteroatoms. The van der Waals surface area contributed by atoms with Crippen LogP contribution in [0.5, 0.6) is 0 Å². The molecule has 0 radical (unpaired) electrons. The van der Waals surface area contributed by atoms with Gasteiger partial charge in [-0.2, -0.15) is 0 Å². The van der Waals surface area contributed by atoms with Gasteiger partial charge in [-0.15, -0.1) is 0 Å². The van der Waals surface area contributed by atoms with Crippen molar-refractivity contribution in [3.63, 3.8) is 0 Å². The molecule has 1 heterocycles. The molecule has 0 bridgehead atoms. The van der Waals surface area contributed by atoms with Crippen molar-refractivity contribution < 1.29 is 4.79 Å². The van der Waals surface area contributed by atoms with Gasteiger partial charge in [-0.05, 0) is 60.2 Å². The third-order valence-corrected chi connectivity index (χ3v) is 3.55. The predicted molar refractivity (Wildman–Crippen MR) is 80.1 cm³/mol. The van der Waals surface area contributed by atoms with Crippen LogP contribution in [0.1, 0.15) is 32.1 Å². The van der Waals surface area contributed by atoms with E-state index in [2.05, 4.69) is 37.6 Å². The van der Waals surface area contributed by atoms with E-state index in [-0.39, 0.29) is 6.03 Å². The van der Waals surface area contributed by atoms with E-state index in [1.165, 1.54) is 31.3 Å². The van der Waals surface area contributed by atoms with Crippen LogP contribution >= 0.6 is 15.9 Å². The Morgan fingerprint density at radius 1 is 1.37 bits per heavy atom. The van der Waals surface area contributed by atoms with Gasteiger partial charge < -0.3 is 5.32 Å². The van der Waals surface area contributed by atoms with Crippen LogP contribution < -0.4 is 10.6 Å². The number of allylic oxidation sites excluding steroid dienone is 1. The minimum absolute atomic E-state index is 0.203. The molecule has 0 saturated carbocycles. The fourth-order valence-corrected chi connectivity index (χ4v) is 2.31. The lowest BCUT2D eigenvalue weighted by atomic mass is 9.97. The number of hydrogen-bond acceptors (Lipinski definition) is 2. The van der Waals surface area contributed by atoms with Crippen LogP contribution in [0.25, 0.3) is 0 Å². The SMILES string of the molecule is O=C(NCCC1=CCCCC1)Nc1ccc(Br)cn1. The van der Waals surface area contributed by atoms with Crippen molar-refractivity contribution in [3.8, 4) is 0 Å². The van der Waals surface area contributed by atoms with Crippen LogP contribution in [-0.2, 0) is 0 Å². The quantitative estimate of drug-likeness (QED) is 0.827. The largest absolute Gasteiger partial charge is 0.338 e. The first kappa shape index (κ1) is 14.1. The maximum atomic E-state index is 11.6. The van der Waals surface area contributed by atoms with E-state index in [0.717, 1.165) is 10.9 Å². The van der Waals surface area contributed by atoms with Gasteiger partial charge in [0.1, 0.15) is 5.82 Å². The highest BCUT2D eigenvalue weighted by atomic mass is 79.9. The Morgan fingerprint density at radius 2 is 2.26 bits per heavy atom. The summed E-state index contributed by atoms with van der Waals surface area (Å²) in [4.78, 5) is 15.7. The lowest BCUT2D eigenvalue weighted by molar-refractivity contribution is 0.252. The van der Waals surface area contributed by atoms with E-state index in [1.807, 2.05) is 6.07 Å².